The van der Waals surface area contributed by atoms with Gasteiger partial charge in [-0.3, -0.25) is 4.79 Å². The Balaban J connectivity index is 1.93. The van der Waals surface area contributed by atoms with Crippen LogP contribution in [0.4, 0.5) is 10.1 Å². The summed E-state index contributed by atoms with van der Waals surface area (Å²) in [4.78, 5) is 11.9. The molecule has 0 aliphatic heterocycles. The molecule has 1 aromatic rings. The zero-order valence-electron chi connectivity index (χ0n) is 10.6. The first-order valence-electron chi connectivity index (χ1n) is 6.41. The van der Waals surface area contributed by atoms with E-state index in [2.05, 4.69) is 12.2 Å². The van der Waals surface area contributed by atoms with Crippen molar-refractivity contribution in [2.75, 3.05) is 12.3 Å². The van der Waals surface area contributed by atoms with Gasteiger partial charge >= 0.3 is 0 Å². The number of amides is 1. The van der Waals surface area contributed by atoms with Crippen molar-refractivity contribution in [2.24, 2.45) is 11.8 Å². The Hall–Kier alpha value is -1.58. The quantitative estimate of drug-likeness (QED) is 0.810. The molecule has 1 saturated carbocycles. The number of rotatable bonds is 3. The number of carbonyl (C=O) groups excluding carboxylic acids is 1. The van der Waals surface area contributed by atoms with Crippen molar-refractivity contribution >= 4 is 11.6 Å². The molecular weight excluding hydrogens is 231 g/mol. The van der Waals surface area contributed by atoms with Crippen molar-refractivity contribution in [1.82, 2.24) is 5.32 Å². The third kappa shape index (κ3) is 2.81. The lowest BCUT2D eigenvalue weighted by Crippen LogP contribution is -2.30. The Morgan fingerprint density at radius 3 is 2.89 bits per heavy atom. The molecule has 1 fully saturated rings. The van der Waals surface area contributed by atoms with Crippen LogP contribution in [0.2, 0.25) is 0 Å². The Kier molecular flexibility index (Phi) is 3.84. The van der Waals surface area contributed by atoms with Gasteiger partial charge < -0.3 is 11.1 Å². The molecule has 4 heteroatoms. The molecule has 0 spiro atoms. The summed E-state index contributed by atoms with van der Waals surface area (Å²) >= 11 is 0. The van der Waals surface area contributed by atoms with Crippen molar-refractivity contribution < 1.29 is 9.18 Å². The smallest absolute Gasteiger partial charge is 0.251 e. The number of anilines is 1. The highest BCUT2D eigenvalue weighted by molar-refractivity contribution is 5.95. The fourth-order valence-electron chi connectivity index (χ4n) is 2.54. The fourth-order valence-corrected chi connectivity index (χ4v) is 2.54. The summed E-state index contributed by atoms with van der Waals surface area (Å²) in [6, 6.07) is 4.06. The predicted molar refractivity (Wildman–Crippen MR) is 69.7 cm³/mol. The number of benzene rings is 1. The average Bonchev–Trinajstić information content (AvgIpc) is 2.75. The summed E-state index contributed by atoms with van der Waals surface area (Å²) in [5.74, 6) is 0.562. The zero-order valence-corrected chi connectivity index (χ0v) is 10.6. The highest BCUT2D eigenvalue weighted by atomic mass is 19.1. The van der Waals surface area contributed by atoms with Gasteiger partial charge in [-0.15, -0.1) is 0 Å². The van der Waals surface area contributed by atoms with Crippen LogP contribution < -0.4 is 11.1 Å². The maximum absolute atomic E-state index is 13.0. The molecule has 3 N–H and O–H groups in total. The topological polar surface area (TPSA) is 55.1 Å². The van der Waals surface area contributed by atoms with Gasteiger partial charge in [-0.1, -0.05) is 19.8 Å². The minimum Gasteiger partial charge on any atom is -0.396 e. The normalized spacial score (nSPS) is 23.0. The zero-order chi connectivity index (χ0) is 13.1. The lowest BCUT2D eigenvalue weighted by Gasteiger charge is -2.16. The van der Waals surface area contributed by atoms with Crippen LogP contribution in [0.3, 0.4) is 0 Å². The standard InChI is InChI=1S/C14H19FN2O/c1-9-3-2-4-11(9)8-17-14(18)10-5-6-12(15)13(16)7-10/h5-7,9,11H,2-4,8,16H2,1H3,(H,17,18). The molecule has 1 amide bonds. The van der Waals surface area contributed by atoms with E-state index in [-0.39, 0.29) is 11.6 Å². The van der Waals surface area contributed by atoms with Gasteiger partial charge in [-0.2, -0.15) is 0 Å². The van der Waals surface area contributed by atoms with Gasteiger partial charge in [0.15, 0.2) is 0 Å². The van der Waals surface area contributed by atoms with Crippen LogP contribution in [-0.4, -0.2) is 12.5 Å². The van der Waals surface area contributed by atoms with Crippen LogP contribution in [0.15, 0.2) is 18.2 Å². The monoisotopic (exact) mass is 250 g/mol. The molecule has 1 aliphatic rings. The SMILES string of the molecule is CC1CCCC1CNC(=O)c1ccc(F)c(N)c1. The molecule has 0 aromatic heterocycles. The molecule has 1 aliphatic carbocycles. The third-order valence-corrected chi connectivity index (χ3v) is 3.82. The molecule has 2 unspecified atom stereocenters. The van der Waals surface area contributed by atoms with Gasteiger partial charge in [0, 0.05) is 12.1 Å². The van der Waals surface area contributed by atoms with E-state index >= 15 is 0 Å². The first kappa shape index (κ1) is 12.9. The van der Waals surface area contributed by atoms with Crippen LogP contribution in [0.1, 0.15) is 36.5 Å². The van der Waals surface area contributed by atoms with Gasteiger partial charge in [-0.05, 0) is 36.5 Å². The number of hydrogen-bond donors (Lipinski definition) is 2. The van der Waals surface area contributed by atoms with Gasteiger partial charge in [0.1, 0.15) is 5.82 Å². The summed E-state index contributed by atoms with van der Waals surface area (Å²) in [7, 11) is 0. The van der Waals surface area contributed by atoms with Crippen molar-refractivity contribution in [1.29, 1.82) is 0 Å². The van der Waals surface area contributed by atoms with E-state index in [0.29, 0.717) is 23.9 Å². The minimum absolute atomic E-state index is 0.0110. The summed E-state index contributed by atoms with van der Waals surface area (Å²) in [5.41, 5.74) is 5.87. The highest BCUT2D eigenvalue weighted by Crippen LogP contribution is 2.30. The first-order chi connectivity index (χ1) is 8.58. The lowest BCUT2D eigenvalue weighted by molar-refractivity contribution is 0.0944. The third-order valence-electron chi connectivity index (χ3n) is 3.82. The maximum atomic E-state index is 13.0. The number of nitrogens with one attached hydrogen (secondary N) is 1. The number of hydrogen-bond acceptors (Lipinski definition) is 2. The molecule has 18 heavy (non-hydrogen) atoms. The molecular formula is C14H19FN2O. The number of nitrogen functional groups attached to an aromatic ring is 1. The van der Waals surface area contributed by atoms with E-state index < -0.39 is 5.82 Å². The number of nitrogens with two attached hydrogens (primary N) is 1. The van der Waals surface area contributed by atoms with Crippen molar-refractivity contribution in [2.45, 2.75) is 26.2 Å². The Morgan fingerprint density at radius 1 is 1.50 bits per heavy atom. The summed E-state index contributed by atoms with van der Waals surface area (Å²) in [5, 5.41) is 2.90. The lowest BCUT2D eigenvalue weighted by atomic mass is 9.98. The molecule has 2 atom stereocenters. The molecule has 98 valence electrons. The van der Waals surface area contributed by atoms with E-state index in [0.717, 1.165) is 0 Å². The van der Waals surface area contributed by atoms with Crippen LogP contribution >= 0.6 is 0 Å². The van der Waals surface area contributed by atoms with Crippen LogP contribution in [-0.2, 0) is 0 Å². The average molecular weight is 250 g/mol. The minimum atomic E-state index is -0.490. The van der Waals surface area contributed by atoms with Gasteiger partial charge in [-0.25, -0.2) is 4.39 Å². The summed E-state index contributed by atoms with van der Waals surface area (Å²) < 4.78 is 13.0. The van der Waals surface area contributed by atoms with Crippen LogP contribution in [0.25, 0.3) is 0 Å². The van der Waals surface area contributed by atoms with Crippen molar-refractivity contribution in [3.63, 3.8) is 0 Å². The second kappa shape index (κ2) is 5.38. The number of carbonyl (C=O) groups is 1. The predicted octanol–water partition coefficient (Wildman–Crippen LogP) is 2.57. The molecule has 0 heterocycles. The Labute approximate surface area is 107 Å². The second-order valence-electron chi connectivity index (χ2n) is 5.11. The van der Waals surface area contributed by atoms with Crippen molar-refractivity contribution in [3.8, 4) is 0 Å². The van der Waals surface area contributed by atoms with Crippen LogP contribution in [0.5, 0.6) is 0 Å². The van der Waals surface area contributed by atoms with Crippen LogP contribution in [0, 0.1) is 17.7 Å². The first-order valence-corrected chi connectivity index (χ1v) is 6.41. The summed E-state index contributed by atoms with van der Waals surface area (Å²) in [6.45, 7) is 2.91. The van der Waals surface area contributed by atoms with E-state index in [4.69, 9.17) is 5.73 Å². The maximum Gasteiger partial charge on any atom is 0.251 e. The van der Waals surface area contributed by atoms with Gasteiger partial charge in [0.05, 0.1) is 5.69 Å². The fraction of sp³-hybridized carbons (Fsp3) is 0.500. The van der Waals surface area contributed by atoms with E-state index in [1.165, 1.54) is 37.5 Å². The van der Waals surface area contributed by atoms with E-state index in [1.54, 1.807) is 0 Å². The van der Waals surface area contributed by atoms with E-state index in [1.807, 2.05) is 0 Å². The molecule has 0 saturated heterocycles. The van der Waals surface area contributed by atoms with Gasteiger partial charge in [0.25, 0.3) is 5.91 Å². The molecule has 2 rings (SSSR count). The van der Waals surface area contributed by atoms with Gasteiger partial charge in [0.2, 0.25) is 0 Å². The number of halogens is 1. The summed E-state index contributed by atoms with van der Waals surface area (Å²) in [6.07, 6.45) is 3.65. The Morgan fingerprint density at radius 2 is 2.28 bits per heavy atom. The molecule has 1 aromatic carbocycles. The van der Waals surface area contributed by atoms with Crippen molar-refractivity contribution in [3.05, 3.63) is 29.6 Å². The second-order valence-corrected chi connectivity index (χ2v) is 5.11. The highest BCUT2D eigenvalue weighted by Gasteiger charge is 2.23. The largest absolute Gasteiger partial charge is 0.396 e. The van der Waals surface area contributed by atoms with E-state index in [9.17, 15) is 9.18 Å². The molecule has 0 radical (unpaired) electrons. The molecule has 3 nitrogen and oxygen atoms in total. The molecule has 0 bridgehead atoms. The Bertz CT molecular complexity index is 447.